The molecule has 0 heterocycles. The van der Waals surface area contributed by atoms with Crippen molar-refractivity contribution >= 4 is 22.8 Å². The molecule has 6 N–H and O–H groups in total. The number of quaternary nitrogens is 1. The molecule has 6 heteroatoms. The number of benzene rings is 2. The molecule has 0 spiro atoms. The Balaban J connectivity index is 2.18. The molecule has 0 fully saturated rings. The second kappa shape index (κ2) is 4.70. The van der Waals surface area contributed by atoms with Crippen LogP contribution in [0.25, 0.3) is 17.0 Å². The molecule has 2 aromatic carbocycles. The van der Waals surface area contributed by atoms with Gasteiger partial charge < -0.3 is 15.3 Å². The number of aryl methyl sites for hydroxylation is 1. The van der Waals surface area contributed by atoms with E-state index < -0.39 is 11.5 Å². The monoisotopic (exact) mass is 322 g/mol. The standard InChI is InChI=1S/C18H14N2O4/c1-7-5-9-12(11(22)6-7)14-15(16(9)20-19)18(24)13-8(17(14)23)3-2-4-10(13)21/h2-6,20-23H,19H2,1H3. The fraction of sp³-hybridized carbons (Fsp3) is 0.0556. The lowest BCUT2D eigenvalue weighted by Crippen LogP contribution is -2.88. The number of hydrogen-bond donors (Lipinski definition) is 4. The number of phenols is 2. The lowest BCUT2D eigenvalue weighted by atomic mass is 9.84. The Kier molecular flexibility index (Phi) is 2.84. The number of rotatable bonds is 1. The van der Waals surface area contributed by atoms with Crippen LogP contribution in [0.15, 0.2) is 35.9 Å². The second-order valence-electron chi connectivity index (χ2n) is 5.89. The highest BCUT2D eigenvalue weighted by molar-refractivity contribution is 6.33. The first kappa shape index (κ1) is 14.5. The van der Waals surface area contributed by atoms with Gasteiger partial charge in [-0.25, -0.2) is 5.43 Å². The normalized spacial score (nSPS) is 15.5. The van der Waals surface area contributed by atoms with Crippen molar-refractivity contribution in [2.75, 3.05) is 0 Å². The van der Waals surface area contributed by atoms with Gasteiger partial charge in [-0.05, 0) is 41.8 Å². The summed E-state index contributed by atoms with van der Waals surface area (Å²) >= 11 is 0. The van der Waals surface area contributed by atoms with Crippen molar-refractivity contribution in [3.05, 3.63) is 63.7 Å². The van der Waals surface area contributed by atoms with E-state index in [2.05, 4.69) is 0 Å². The lowest BCUT2D eigenvalue weighted by Gasteiger charge is -2.26. The topological polar surface area (TPSA) is 123 Å². The SMILES string of the molecule is Cc1cc(O)c2c(c1)C([NH2+]N)=C1C(=O)c3c(O)cccc3C([O-])=C12. The Morgan fingerprint density at radius 1 is 1.04 bits per heavy atom. The van der Waals surface area contributed by atoms with Crippen molar-refractivity contribution in [1.29, 1.82) is 0 Å². The first-order chi connectivity index (χ1) is 11.5. The van der Waals surface area contributed by atoms with E-state index in [9.17, 15) is 20.1 Å². The predicted molar refractivity (Wildman–Crippen MR) is 85.1 cm³/mol. The number of allylic oxidation sites excluding steroid dienone is 2. The van der Waals surface area contributed by atoms with Crippen LogP contribution in [0, 0.1) is 6.92 Å². The van der Waals surface area contributed by atoms with Crippen LogP contribution < -0.4 is 16.4 Å². The molecule has 24 heavy (non-hydrogen) atoms. The molecule has 120 valence electrons. The summed E-state index contributed by atoms with van der Waals surface area (Å²) in [6, 6.07) is 7.69. The Hall–Kier alpha value is -3.09. The van der Waals surface area contributed by atoms with Crippen LogP contribution in [-0.4, -0.2) is 16.0 Å². The zero-order valence-electron chi connectivity index (χ0n) is 12.8. The third-order valence-electron chi connectivity index (χ3n) is 4.46. The van der Waals surface area contributed by atoms with Gasteiger partial charge in [0.15, 0.2) is 5.70 Å². The predicted octanol–water partition coefficient (Wildman–Crippen LogP) is -0.00708. The molecule has 0 saturated carbocycles. The van der Waals surface area contributed by atoms with Gasteiger partial charge in [-0.1, -0.05) is 17.9 Å². The van der Waals surface area contributed by atoms with Crippen LogP contribution in [-0.2, 0) is 0 Å². The summed E-state index contributed by atoms with van der Waals surface area (Å²) in [4.78, 5) is 13.0. The van der Waals surface area contributed by atoms with Crippen molar-refractivity contribution in [2.45, 2.75) is 6.92 Å². The van der Waals surface area contributed by atoms with Gasteiger partial charge >= 0.3 is 0 Å². The fourth-order valence-corrected chi connectivity index (χ4v) is 3.50. The summed E-state index contributed by atoms with van der Waals surface area (Å²) in [7, 11) is 0. The number of carbonyl (C=O) groups is 1. The number of Topliss-reactive ketones (excluding diaryl/α,β-unsaturated/α-hetero) is 1. The van der Waals surface area contributed by atoms with Gasteiger partial charge in [0.1, 0.15) is 11.5 Å². The molecule has 0 unspecified atom stereocenters. The highest BCUT2D eigenvalue weighted by Crippen LogP contribution is 2.50. The number of fused-ring (bicyclic) bond motifs is 4. The van der Waals surface area contributed by atoms with Gasteiger partial charge in [0, 0.05) is 11.1 Å². The molecule has 2 aromatic rings. The number of hydrogen-bond acceptors (Lipinski definition) is 5. The largest absolute Gasteiger partial charge is 0.872 e. The summed E-state index contributed by atoms with van der Waals surface area (Å²) in [5.74, 6) is 4.52. The second-order valence-corrected chi connectivity index (χ2v) is 5.89. The minimum absolute atomic E-state index is 0.0235. The maximum absolute atomic E-state index is 13.0. The summed E-state index contributed by atoms with van der Waals surface area (Å²) in [6.45, 7) is 1.80. The van der Waals surface area contributed by atoms with E-state index >= 15 is 0 Å². The summed E-state index contributed by atoms with van der Waals surface area (Å²) < 4.78 is 0. The van der Waals surface area contributed by atoms with Gasteiger partial charge in [-0.3, -0.25) is 4.79 Å². The molecule has 0 aromatic heterocycles. The van der Waals surface area contributed by atoms with Gasteiger partial charge in [0.2, 0.25) is 5.78 Å². The molecule has 0 bridgehead atoms. The van der Waals surface area contributed by atoms with E-state index in [1.165, 1.54) is 23.6 Å². The van der Waals surface area contributed by atoms with E-state index in [0.29, 0.717) is 16.8 Å². The number of ketones is 1. The maximum Gasteiger partial charge on any atom is 0.204 e. The van der Waals surface area contributed by atoms with Gasteiger partial charge in [0.05, 0.1) is 11.1 Å². The average Bonchev–Trinajstić information content (AvgIpc) is 2.87. The summed E-state index contributed by atoms with van der Waals surface area (Å²) in [5, 5.41) is 33.4. The third kappa shape index (κ3) is 1.63. The van der Waals surface area contributed by atoms with Crippen LogP contribution in [0.5, 0.6) is 11.5 Å². The zero-order chi connectivity index (χ0) is 17.2. The smallest absolute Gasteiger partial charge is 0.204 e. The number of phenolic OH excluding ortho intramolecular Hbond substituents is 2. The molecule has 4 rings (SSSR count). The lowest BCUT2D eigenvalue weighted by molar-refractivity contribution is -0.575. The minimum atomic E-state index is -0.470. The quantitative estimate of drug-likeness (QED) is 0.434. The fourth-order valence-electron chi connectivity index (χ4n) is 3.50. The Bertz CT molecular complexity index is 1000. The average molecular weight is 322 g/mol. The molecule has 6 nitrogen and oxygen atoms in total. The third-order valence-corrected chi connectivity index (χ3v) is 4.46. The van der Waals surface area contributed by atoms with E-state index in [-0.39, 0.29) is 33.8 Å². The molecule has 0 atom stereocenters. The van der Waals surface area contributed by atoms with Crippen LogP contribution in [0.1, 0.15) is 32.6 Å². The first-order valence-electron chi connectivity index (χ1n) is 7.38. The Morgan fingerprint density at radius 2 is 1.79 bits per heavy atom. The van der Waals surface area contributed by atoms with Gasteiger partial charge in [0.25, 0.3) is 0 Å². The van der Waals surface area contributed by atoms with Crippen LogP contribution >= 0.6 is 0 Å². The van der Waals surface area contributed by atoms with Crippen molar-refractivity contribution in [1.82, 2.24) is 0 Å². The molecule has 0 amide bonds. The van der Waals surface area contributed by atoms with E-state index in [0.717, 1.165) is 5.56 Å². The van der Waals surface area contributed by atoms with Crippen molar-refractivity contribution < 1.29 is 25.5 Å². The van der Waals surface area contributed by atoms with E-state index in [1.54, 1.807) is 19.1 Å². The molecular weight excluding hydrogens is 308 g/mol. The molecule has 0 radical (unpaired) electrons. The molecular formula is C18H14N2O4. The molecule has 2 aliphatic rings. The Labute approximate surface area is 137 Å². The highest BCUT2D eigenvalue weighted by atomic mass is 16.3. The molecule has 2 aliphatic carbocycles. The van der Waals surface area contributed by atoms with Crippen LogP contribution in [0.2, 0.25) is 0 Å². The molecule has 0 saturated heterocycles. The minimum Gasteiger partial charge on any atom is -0.872 e. The summed E-state index contributed by atoms with van der Waals surface area (Å²) in [5.41, 5.74) is 3.68. The maximum atomic E-state index is 13.0. The Morgan fingerprint density at radius 3 is 2.50 bits per heavy atom. The van der Waals surface area contributed by atoms with Gasteiger partial charge in [-0.15, -0.1) is 0 Å². The van der Waals surface area contributed by atoms with E-state index in [1.807, 2.05) is 0 Å². The number of aromatic hydroxyl groups is 2. The number of nitrogens with two attached hydrogens (primary N) is 2. The van der Waals surface area contributed by atoms with Gasteiger partial charge in [-0.2, -0.15) is 5.84 Å². The number of carbonyl (C=O) groups excluding carboxylic acids is 1. The zero-order valence-corrected chi connectivity index (χ0v) is 12.8. The molecule has 0 aliphatic heterocycles. The summed E-state index contributed by atoms with van der Waals surface area (Å²) in [6.07, 6.45) is 0. The highest BCUT2D eigenvalue weighted by Gasteiger charge is 2.41. The van der Waals surface area contributed by atoms with E-state index in [4.69, 9.17) is 5.84 Å². The van der Waals surface area contributed by atoms with Crippen molar-refractivity contribution in [3.8, 4) is 11.5 Å². The van der Waals surface area contributed by atoms with Crippen molar-refractivity contribution in [3.63, 3.8) is 0 Å². The first-order valence-corrected chi connectivity index (χ1v) is 7.38. The van der Waals surface area contributed by atoms with Crippen molar-refractivity contribution in [2.24, 2.45) is 5.84 Å². The van der Waals surface area contributed by atoms with Crippen LogP contribution in [0.3, 0.4) is 0 Å². The van der Waals surface area contributed by atoms with Crippen LogP contribution in [0.4, 0.5) is 0 Å².